The number of fused-ring (bicyclic) bond motifs is 1. The Morgan fingerprint density at radius 1 is 1.05 bits per heavy atom. The number of carbonyl (C=O) groups is 1. The van der Waals surface area contributed by atoms with Crippen molar-refractivity contribution in [3.05, 3.63) is 48.0 Å². The minimum atomic E-state index is 0.0613. The molecular weight excluding hydrogens is 260 g/mol. The van der Waals surface area contributed by atoms with Crippen molar-refractivity contribution < 1.29 is 4.79 Å². The lowest BCUT2D eigenvalue weighted by atomic mass is 9.89. The van der Waals surface area contributed by atoms with Gasteiger partial charge in [-0.1, -0.05) is 61.7 Å². The molecule has 108 valence electrons. The molecule has 0 radical (unpaired) electrons. The summed E-state index contributed by atoms with van der Waals surface area (Å²) in [5.41, 5.74) is 3.72. The first-order valence-electron chi connectivity index (χ1n) is 7.65. The van der Waals surface area contributed by atoms with Crippen LogP contribution in [0.5, 0.6) is 0 Å². The van der Waals surface area contributed by atoms with E-state index in [9.17, 15) is 4.79 Å². The van der Waals surface area contributed by atoms with Crippen LogP contribution < -0.4 is 5.43 Å². The fraction of sp³-hybridized carbons (Fsp3) is 0.333. The smallest absolute Gasteiger partial charge is 0.243 e. The van der Waals surface area contributed by atoms with Gasteiger partial charge in [-0.3, -0.25) is 4.79 Å². The van der Waals surface area contributed by atoms with E-state index < -0.39 is 0 Å². The second-order valence-electron chi connectivity index (χ2n) is 5.64. The van der Waals surface area contributed by atoms with Crippen LogP contribution >= 0.6 is 0 Å². The highest BCUT2D eigenvalue weighted by atomic mass is 16.2. The lowest BCUT2D eigenvalue weighted by molar-refractivity contribution is -0.125. The molecule has 2 aromatic carbocycles. The van der Waals surface area contributed by atoms with Crippen molar-refractivity contribution in [2.24, 2.45) is 11.0 Å². The Morgan fingerprint density at radius 3 is 2.67 bits per heavy atom. The summed E-state index contributed by atoms with van der Waals surface area (Å²) >= 11 is 0. The van der Waals surface area contributed by atoms with Crippen molar-refractivity contribution in [1.82, 2.24) is 5.43 Å². The topological polar surface area (TPSA) is 41.5 Å². The minimum Gasteiger partial charge on any atom is -0.273 e. The van der Waals surface area contributed by atoms with E-state index in [-0.39, 0.29) is 11.8 Å². The van der Waals surface area contributed by atoms with Crippen molar-refractivity contribution >= 4 is 22.9 Å². The predicted molar refractivity (Wildman–Crippen MR) is 86.3 cm³/mol. The molecule has 0 bridgehead atoms. The van der Waals surface area contributed by atoms with Gasteiger partial charge in [0.2, 0.25) is 5.91 Å². The molecule has 0 heterocycles. The number of nitrogens with one attached hydrogen (secondary N) is 1. The van der Waals surface area contributed by atoms with Crippen LogP contribution in [0.25, 0.3) is 10.8 Å². The number of nitrogens with zero attached hydrogens (tertiary/aromatic N) is 1. The van der Waals surface area contributed by atoms with Crippen LogP contribution in [0.2, 0.25) is 0 Å². The average Bonchev–Trinajstić information content (AvgIpc) is 2.56. The molecule has 1 amide bonds. The maximum absolute atomic E-state index is 12.0. The molecule has 0 atom stereocenters. The Balaban J connectivity index is 1.69. The Kier molecular flexibility index (Phi) is 4.29. The summed E-state index contributed by atoms with van der Waals surface area (Å²) in [5.74, 6) is 0.203. The number of hydrazone groups is 1. The molecule has 0 aromatic heterocycles. The summed E-state index contributed by atoms with van der Waals surface area (Å²) < 4.78 is 0. The molecular formula is C18H20N2O. The maximum atomic E-state index is 12.0. The number of hydrogen-bond donors (Lipinski definition) is 1. The summed E-state index contributed by atoms with van der Waals surface area (Å²) in [7, 11) is 0. The molecule has 1 aliphatic rings. The molecule has 1 N–H and O–H groups in total. The van der Waals surface area contributed by atoms with Crippen molar-refractivity contribution in [1.29, 1.82) is 0 Å². The van der Waals surface area contributed by atoms with Crippen LogP contribution in [0, 0.1) is 5.92 Å². The van der Waals surface area contributed by atoms with Gasteiger partial charge in [0.05, 0.1) is 6.21 Å². The first-order chi connectivity index (χ1) is 10.3. The zero-order chi connectivity index (χ0) is 14.5. The van der Waals surface area contributed by atoms with Crippen molar-refractivity contribution in [2.45, 2.75) is 32.1 Å². The Hall–Kier alpha value is -2.16. The van der Waals surface area contributed by atoms with E-state index in [1.165, 1.54) is 11.8 Å². The zero-order valence-electron chi connectivity index (χ0n) is 12.1. The van der Waals surface area contributed by atoms with Crippen molar-refractivity contribution in [3.63, 3.8) is 0 Å². The first-order valence-corrected chi connectivity index (χ1v) is 7.65. The van der Waals surface area contributed by atoms with Gasteiger partial charge in [0.15, 0.2) is 0 Å². The van der Waals surface area contributed by atoms with Crippen molar-refractivity contribution in [2.75, 3.05) is 0 Å². The second-order valence-corrected chi connectivity index (χ2v) is 5.64. The number of benzene rings is 2. The average molecular weight is 280 g/mol. The van der Waals surface area contributed by atoms with E-state index in [1.807, 2.05) is 24.3 Å². The fourth-order valence-corrected chi connectivity index (χ4v) is 2.98. The third-order valence-electron chi connectivity index (χ3n) is 4.18. The number of rotatable bonds is 3. The highest BCUT2D eigenvalue weighted by Gasteiger charge is 2.20. The molecule has 0 unspecified atom stereocenters. The SMILES string of the molecule is O=C(N/N=C\c1cccc2ccccc12)C1CCCCC1. The molecule has 1 aliphatic carbocycles. The zero-order valence-corrected chi connectivity index (χ0v) is 12.1. The molecule has 3 heteroatoms. The molecule has 0 aliphatic heterocycles. The Bertz CT molecular complexity index is 652. The standard InChI is InChI=1S/C18H20N2O/c21-18(15-8-2-1-3-9-15)20-19-13-16-11-6-10-14-7-4-5-12-17(14)16/h4-7,10-13,15H,1-3,8-9H2,(H,20,21)/b19-13-. The van der Waals surface area contributed by atoms with Crippen LogP contribution in [0.1, 0.15) is 37.7 Å². The van der Waals surface area contributed by atoms with Gasteiger partial charge < -0.3 is 0 Å². The third kappa shape index (κ3) is 3.30. The predicted octanol–water partition coefficient (Wildman–Crippen LogP) is 3.87. The van der Waals surface area contributed by atoms with Gasteiger partial charge in [0.25, 0.3) is 0 Å². The van der Waals surface area contributed by atoms with E-state index in [4.69, 9.17) is 0 Å². The molecule has 21 heavy (non-hydrogen) atoms. The molecule has 1 fully saturated rings. The number of amides is 1. The van der Waals surface area contributed by atoms with E-state index in [1.54, 1.807) is 6.21 Å². The lowest BCUT2D eigenvalue weighted by Gasteiger charge is -2.19. The van der Waals surface area contributed by atoms with E-state index in [0.29, 0.717) is 0 Å². The third-order valence-corrected chi connectivity index (χ3v) is 4.18. The first kappa shape index (κ1) is 13.8. The molecule has 0 saturated heterocycles. The van der Waals surface area contributed by atoms with Gasteiger partial charge in [-0.05, 0) is 23.6 Å². The molecule has 2 aromatic rings. The largest absolute Gasteiger partial charge is 0.273 e. The highest BCUT2D eigenvalue weighted by Crippen LogP contribution is 2.23. The maximum Gasteiger partial charge on any atom is 0.243 e. The minimum absolute atomic E-state index is 0.0613. The summed E-state index contributed by atoms with van der Waals surface area (Å²) in [5, 5.41) is 6.47. The Labute approximate surface area is 125 Å². The lowest BCUT2D eigenvalue weighted by Crippen LogP contribution is -2.28. The Morgan fingerprint density at radius 2 is 1.81 bits per heavy atom. The van der Waals surface area contributed by atoms with Crippen LogP contribution in [0.15, 0.2) is 47.6 Å². The molecule has 1 saturated carbocycles. The number of carbonyl (C=O) groups excluding carboxylic acids is 1. The van der Waals surface area contributed by atoms with Gasteiger partial charge in [-0.25, -0.2) is 5.43 Å². The van der Waals surface area contributed by atoms with Crippen LogP contribution in [-0.2, 0) is 4.79 Å². The van der Waals surface area contributed by atoms with E-state index in [0.717, 1.165) is 36.6 Å². The second kappa shape index (κ2) is 6.53. The monoisotopic (exact) mass is 280 g/mol. The van der Waals surface area contributed by atoms with Gasteiger partial charge in [0.1, 0.15) is 0 Å². The number of hydrogen-bond acceptors (Lipinski definition) is 2. The summed E-state index contributed by atoms with van der Waals surface area (Å²) in [6, 6.07) is 14.3. The van der Waals surface area contributed by atoms with Gasteiger partial charge in [-0.15, -0.1) is 0 Å². The normalized spacial score (nSPS) is 16.4. The molecule has 3 rings (SSSR count). The molecule has 3 nitrogen and oxygen atoms in total. The van der Waals surface area contributed by atoms with Crippen LogP contribution in [0.4, 0.5) is 0 Å². The fourth-order valence-electron chi connectivity index (χ4n) is 2.98. The highest BCUT2D eigenvalue weighted by molar-refractivity contribution is 5.99. The van der Waals surface area contributed by atoms with E-state index in [2.05, 4.69) is 28.7 Å². The summed E-state index contributed by atoms with van der Waals surface area (Å²) in [4.78, 5) is 12.0. The summed E-state index contributed by atoms with van der Waals surface area (Å²) in [6.45, 7) is 0. The summed E-state index contributed by atoms with van der Waals surface area (Å²) in [6.07, 6.45) is 7.30. The van der Waals surface area contributed by atoms with Crippen molar-refractivity contribution in [3.8, 4) is 0 Å². The van der Waals surface area contributed by atoms with E-state index >= 15 is 0 Å². The van der Waals surface area contributed by atoms with Gasteiger partial charge >= 0.3 is 0 Å². The van der Waals surface area contributed by atoms with Gasteiger partial charge in [-0.2, -0.15) is 5.10 Å². The van der Waals surface area contributed by atoms with Crippen LogP contribution in [0.3, 0.4) is 0 Å². The van der Waals surface area contributed by atoms with Gasteiger partial charge in [0, 0.05) is 11.5 Å². The van der Waals surface area contributed by atoms with Crippen LogP contribution in [-0.4, -0.2) is 12.1 Å². The quantitative estimate of drug-likeness (QED) is 0.673. The molecule has 0 spiro atoms.